The van der Waals surface area contributed by atoms with Gasteiger partial charge in [-0.15, -0.1) is 0 Å². The molecule has 0 unspecified atom stereocenters. The van der Waals surface area contributed by atoms with Gasteiger partial charge in [0, 0.05) is 12.1 Å². The van der Waals surface area contributed by atoms with Crippen LogP contribution in [-0.4, -0.2) is 7.11 Å². The average Bonchev–Trinajstić information content (AvgIpc) is 2.45. The number of nitriles is 1. The number of nitrogens with zero attached hydrogens (tertiary/aromatic N) is 1. The Morgan fingerprint density at radius 3 is 2.40 bits per heavy atom. The molecule has 0 fully saturated rings. The predicted octanol–water partition coefficient (Wildman–Crippen LogP) is 4.25. The fourth-order valence-electron chi connectivity index (χ4n) is 1.57. The van der Waals surface area contributed by atoms with Gasteiger partial charge in [0.15, 0.2) is 17.2 Å². The molecule has 0 heterocycles. The number of hydrogen-bond acceptors (Lipinski definition) is 4. The van der Waals surface area contributed by atoms with E-state index in [9.17, 15) is 0 Å². The van der Waals surface area contributed by atoms with Crippen molar-refractivity contribution < 1.29 is 9.47 Å². The summed E-state index contributed by atoms with van der Waals surface area (Å²) in [7, 11) is 1.49. The molecule has 0 bridgehead atoms. The highest BCUT2D eigenvalue weighted by Gasteiger charge is 2.11. The van der Waals surface area contributed by atoms with E-state index in [1.54, 1.807) is 18.2 Å². The van der Waals surface area contributed by atoms with Crippen LogP contribution in [0.3, 0.4) is 0 Å². The summed E-state index contributed by atoms with van der Waals surface area (Å²) in [5.41, 5.74) is 6.65. The van der Waals surface area contributed by atoms with E-state index >= 15 is 0 Å². The zero-order valence-electron chi connectivity index (χ0n) is 10.5. The summed E-state index contributed by atoms with van der Waals surface area (Å²) in [5, 5.41) is 9.54. The minimum Gasteiger partial charge on any atom is -0.493 e. The van der Waals surface area contributed by atoms with Gasteiger partial charge in [-0.1, -0.05) is 23.2 Å². The molecule has 0 atom stereocenters. The lowest BCUT2D eigenvalue weighted by molar-refractivity contribution is 0.379. The molecule has 102 valence electrons. The van der Waals surface area contributed by atoms with E-state index in [-0.39, 0.29) is 0 Å². The van der Waals surface area contributed by atoms with E-state index in [2.05, 4.69) is 0 Å². The molecule has 0 aliphatic heterocycles. The van der Waals surface area contributed by atoms with Crippen molar-refractivity contribution in [2.24, 2.45) is 0 Å². The van der Waals surface area contributed by atoms with Crippen molar-refractivity contribution >= 4 is 28.9 Å². The molecule has 4 nitrogen and oxygen atoms in total. The van der Waals surface area contributed by atoms with Crippen LogP contribution < -0.4 is 15.2 Å². The summed E-state index contributed by atoms with van der Waals surface area (Å²) in [5.74, 6) is 1.22. The first-order chi connectivity index (χ1) is 9.55. The second-order valence-corrected chi connectivity index (χ2v) is 4.70. The van der Waals surface area contributed by atoms with Gasteiger partial charge in [-0.3, -0.25) is 0 Å². The molecule has 0 spiro atoms. The van der Waals surface area contributed by atoms with E-state index in [1.165, 1.54) is 19.2 Å². The number of anilines is 1. The summed E-state index contributed by atoms with van der Waals surface area (Å²) >= 11 is 11.8. The van der Waals surface area contributed by atoms with Crippen molar-refractivity contribution in [3.05, 3.63) is 45.9 Å². The zero-order chi connectivity index (χ0) is 14.7. The SMILES string of the molecule is COc1cc(C#N)ccc1Oc1cc(Cl)c(Cl)cc1N. The molecule has 0 radical (unpaired) electrons. The lowest BCUT2D eigenvalue weighted by Gasteiger charge is -2.12. The molecule has 6 heteroatoms. The molecule has 0 aliphatic rings. The quantitative estimate of drug-likeness (QED) is 0.861. The van der Waals surface area contributed by atoms with Crippen LogP contribution in [0.15, 0.2) is 30.3 Å². The standard InChI is InChI=1S/C14H10Cl2N2O2/c1-19-14-4-8(7-17)2-3-12(14)20-13-6-10(16)9(15)5-11(13)18/h2-6H,18H2,1H3. The molecule has 20 heavy (non-hydrogen) atoms. The molecule has 0 saturated heterocycles. The first-order valence-electron chi connectivity index (χ1n) is 5.55. The van der Waals surface area contributed by atoms with Gasteiger partial charge in [-0.05, 0) is 18.2 Å². The monoisotopic (exact) mass is 308 g/mol. The Hall–Kier alpha value is -2.09. The lowest BCUT2D eigenvalue weighted by atomic mass is 10.2. The summed E-state index contributed by atoms with van der Waals surface area (Å²) in [6.07, 6.45) is 0. The van der Waals surface area contributed by atoms with Crippen LogP contribution in [0, 0.1) is 11.3 Å². The highest BCUT2D eigenvalue weighted by molar-refractivity contribution is 6.42. The topological polar surface area (TPSA) is 68.3 Å². The molecule has 0 aromatic heterocycles. The number of hydrogen-bond donors (Lipinski definition) is 1. The van der Waals surface area contributed by atoms with E-state index in [1.807, 2.05) is 6.07 Å². The smallest absolute Gasteiger partial charge is 0.169 e. The minimum absolute atomic E-state index is 0.337. The van der Waals surface area contributed by atoms with Crippen molar-refractivity contribution in [1.82, 2.24) is 0 Å². The highest BCUT2D eigenvalue weighted by atomic mass is 35.5. The largest absolute Gasteiger partial charge is 0.493 e. The van der Waals surface area contributed by atoms with Gasteiger partial charge in [-0.2, -0.15) is 5.26 Å². The Labute approximate surface area is 126 Å². The summed E-state index contributed by atoms with van der Waals surface area (Å²) in [4.78, 5) is 0. The molecule has 2 rings (SSSR count). The van der Waals surface area contributed by atoms with Crippen LogP contribution in [0.1, 0.15) is 5.56 Å². The van der Waals surface area contributed by atoms with E-state index in [0.717, 1.165) is 0 Å². The molecule has 2 N–H and O–H groups in total. The first kappa shape index (κ1) is 14.3. The number of nitrogen functional groups attached to an aromatic ring is 1. The predicted molar refractivity (Wildman–Crippen MR) is 78.7 cm³/mol. The number of benzene rings is 2. The number of ether oxygens (including phenoxy) is 2. The Kier molecular flexibility index (Phi) is 4.23. The van der Waals surface area contributed by atoms with Gasteiger partial charge in [0.25, 0.3) is 0 Å². The molecule has 2 aromatic rings. The van der Waals surface area contributed by atoms with Gasteiger partial charge in [0.1, 0.15) is 0 Å². The second kappa shape index (κ2) is 5.91. The molecular formula is C14H10Cl2N2O2. The zero-order valence-corrected chi connectivity index (χ0v) is 12.0. The molecule has 0 aliphatic carbocycles. The minimum atomic E-state index is 0.337. The normalized spacial score (nSPS) is 9.90. The first-order valence-corrected chi connectivity index (χ1v) is 6.31. The molecule has 2 aromatic carbocycles. The van der Waals surface area contributed by atoms with Crippen molar-refractivity contribution in [3.8, 4) is 23.3 Å². The van der Waals surface area contributed by atoms with E-state index < -0.39 is 0 Å². The molecule has 0 saturated carbocycles. The average molecular weight is 309 g/mol. The van der Waals surface area contributed by atoms with Crippen molar-refractivity contribution in [1.29, 1.82) is 5.26 Å². The maximum Gasteiger partial charge on any atom is 0.169 e. The van der Waals surface area contributed by atoms with Crippen LogP contribution in [0.4, 0.5) is 5.69 Å². The molecule has 0 amide bonds. The highest BCUT2D eigenvalue weighted by Crippen LogP contribution is 2.38. The van der Waals surface area contributed by atoms with Crippen LogP contribution in [0.25, 0.3) is 0 Å². The maximum atomic E-state index is 8.85. The van der Waals surface area contributed by atoms with Gasteiger partial charge in [0.2, 0.25) is 0 Å². The lowest BCUT2D eigenvalue weighted by Crippen LogP contribution is -1.95. The summed E-state index contributed by atoms with van der Waals surface area (Å²) in [6.45, 7) is 0. The Balaban J connectivity index is 2.40. The fourth-order valence-corrected chi connectivity index (χ4v) is 1.90. The van der Waals surface area contributed by atoms with Gasteiger partial charge < -0.3 is 15.2 Å². The van der Waals surface area contributed by atoms with Crippen molar-refractivity contribution in [2.45, 2.75) is 0 Å². The van der Waals surface area contributed by atoms with Crippen LogP contribution in [0.5, 0.6) is 17.2 Å². The van der Waals surface area contributed by atoms with Gasteiger partial charge in [0.05, 0.1) is 34.5 Å². The van der Waals surface area contributed by atoms with Crippen molar-refractivity contribution in [2.75, 3.05) is 12.8 Å². The van der Waals surface area contributed by atoms with Gasteiger partial charge >= 0.3 is 0 Å². The van der Waals surface area contributed by atoms with Crippen LogP contribution >= 0.6 is 23.2 Å². The fraction of sp³-hybridized carbons (Fsp3) is 0.0714. The number of methoxy groups -OCH3 is 1. The van der Waals surface area contributed by atoms with E-state index in [4.69, 9.17) is 43.7 Å². The third-order valence-corrected chi connectivity index (χ3v) is 3.29. The van der Waals surface area contributed by atoms with E-state index in [0.29, 0.717) is 38.5 Å². The Bertz CT molecular complexity index is 696. The third-order valence-electron chi connectivity index (χ3n) is 2.57. The maximum absolute atomic E-state index is 8.85. The van der Waals surface area contributed by atoms with Crippen LogP contribution in [-0.2, 0) is 0 Å². The van der Waals surface area contributed by atoms with Crippen molar-refractivity contribution in [3.63, 3.8) is 0 Å². The summed E-state index contributed by atoms with van der Waals surface area (Å²) in [6, 6.07) is 9.87. The summed E-state index contributed by atoms with van der Waals surface area (Å²) < 4.78 is 10.8. The number of rotatable bonds is 3. The number of halogens is 2. The number of nitrogens with two attached hydrogens (primary N) is 1. The molecular weight excluding hydrogens is 299 g/mol. The Morgan fingerprint density at radius 2 is 1.75 bits per heavy atom. The Morgan fingerprint density at radius 1 is 1.05 bits per heavy atom. The van der Waals surface area contributed by atoms with Gasteiger partial charge in [-0.25, -0.2) is 0 Å². The second-order valence-electron chi connectivity index (χ2n) is 3.88. The third kappa shape index (κ3) is 2.90. The van der Waals surface area contributed by atoms with Crippen LogP contribution in [0.2, 0.25) is 10.0 Å².